The fourth-order valence-corrected chi connectivity index (χ4v) is 5.54. The summed E-state index contributed by atoms with van der Waals surface area (Å²) in [6, 6.07) is 6.51. The van der Waals surface area contributed by atoms with E-state index in [-0.39, 0.29) is 12.1 Å². The lowest BCUT2D eigenvalue weighted by Gasteiger charge is -2.34. The topological polar surface area (TPSA) is 44.8 Å². The van der Waals surface area contributed by atoms with Crippen molar-refractivity contribution in [2.24, 2.45) is 11.8 Å². The zero-order chi connectivity index (χ0) is 22.9. The van der Waals surface area contributed by atoms with Gasteiger partial charge in [-0.15, -0.1) is 0 Å². The van der Waals surface area contributed by atoms with Crippen molar-refractivity contribution in [2.75, 3.05) is 39.3 Å². The molecule has 32 heavy (non-hydrogen) atoms. The lowest BCUT2D eigenvalue weighted by molar-refractivity contribution is 0.152. The molecule has 1 atom stereocenters. The molecule has 0 aliphatic carbocycles. The highest BCUT2D eigenvalue weighted by Crippen LogP contribution is 2.29. The van der Waals surface area contributed by atoms with E-state index in [2.05, 4.69) is 58.2 Å². The molecule has 0 bridgehead atoms. The van der Waals surface area contributed by atoms with Gasteiger partial charge in [-0.25, -0.2) is 4.79 Å². The number of urea groups is 1. The van der Waals surface area contributed by atoms with E-state index in [1.165, 1.54) is 61.8 Å². The van der Waals surface area contributed by atoms with Crippen LogP contribution in [0.3, 0.4) is 0 Å². The van der Waals surface area contributed by atoms with E-state index in [9.17, 15) is 4.79 Å². The van der Waals surface area contributed by atoms with Gasteiger partial charge >= 0.3 is 6.03 Å². The summed E-state index contributed by atoms with van der Waals surface area (Å²) in [6.45, 7) is 12.3. The van der Waals surface area contributed by atoms with Crippen molar-refractivity contribution in [3.8, 4) is 5.75 Å². The third-order valence-corrected chi connectivity index (χ3v) is 7.60. The summed E-state index contributed by atoms with van der Waals surface area (Å²) < 4.78 is 7.09. The number of hydrogen-bond acceptors (Lipinski definition) is 3. The highest BCUT2D eigenvalue weighted by molar-refractivity contribution is 9.10. The third-order valence-electron chi connectivity index (χ3n) is 6.83. The number of carbonyl (C=O) groups excluding carboxylic acids is 1. The molecular weight excluding hydrogens is 466 g/mol. The Hall–Kier alpha value is -1.27. The lowest BCUT2D eigenvalue weighted by atomic mass is 9.89. The van der Waals surface area contributed by atoms with Crippen molar-refractivity contribution in [2.45, 2.75) is 71.8 Å². The number of likely N-dealkylation sites (tertiary alicyclic amines) is 2. The molecular formula is C26H42BrN3O2. The number of benzene rings is 1. The van der Waals surface area contributed by atoms with E-state index in [0.29, 0.717) is 12.5 Å². The van der Waals surface area contributed by atoms with Crippen LogP contribution in [0.4, 0.5) is 4.79 Å². The number of halogens is 1. The van der Waals surface area contributed by atoms with Gasteiger partial charge in [-0.1, -0.05) is 15.9 Å². The maximum atomic E-state index is 12.1. The summed E-state index contributed by atoms with van der Waals surface area (Å²) in [4.78, 5) is 16.8. The largest absolute Gasteiger partial charge is 0.491 e. The molecule has 3 rings (SSSR count). The van der Waals surface area contributed by atoms with Gasteiger partial charge in [0.2, 0.25) is 0 Å². The molecule has 1 aromatic carbocycles. The van der Waals surface area contributed by atoms with Crippen molar-refractivity contribution in [3.63, 3.8) is 0 Å². The zero-order valence-corrected chi connectivity index (χ0v) is 21.8. The summed E-state index contributed by atoms with van der Waals surface area (Å²) in [5.74, 6) is 2.39. The van der Waals surface area contributed by atoms with Crippen LogP contribution in [-0.4, -0.2) is 61.2 Å². The fraction of sp³-hybridized carbons (Fsp3) is 0.731. The number of amides is 2. The van der Waals surface area contributed by atoms with Gasteiger partial charge in [0.25, 0.3) is 0 Å². The first-order chi connectivity index (χ1) is 15.4. The van der Waals surface area contributed by atoms with E-state index < -0.39 is 0 Å². The molecule has 0 spiro atoms. The average Bonchev–Trinajstić information content (AvgIpc) is 2.77. The highest BCUT2D eigenvalue weighted by atomic mass is 79.9. The molecule has 1 unspecified atom stereocenters. The molecule has 2 aliphatic heterocycles. The molecule has 180 valence electrons. The van der Waals surface area contributed by atoms with Crippen molar-refractivity contribution in [1.29, 1.82) is 0 Å². The number of piperidine rings is 2. The van der Waals surface area contributed by atoms with Crippen LogP contribution < -0.4 is 10.1 Å². The predicted molar refractivity (Wildman–Crippen MR) is 135 cm³/mol. The smallest absolute Gasteiger partial charge is 0.317 e. The molecule has 0 radical (unpaired) electrons. The normalized spacial score (nSPS) is 20.5. The molecule has 1 aromatic rings. The number of rotatable bonds is 9. The third kappa shape index (κ3) is 7.95. The van der Waals surface area contributed by atoms with E-state index in [1.54, 1.807) is 0 Å². The lowest BCUT2D eigenvalue weighted by Crippen LogP contribution is -2.45. The highest BCUT2D eigenvalue weighted by Gasteiger charge is 2.24. The van der Waals surface area contributed by atoms with Crippen LogP contribution in [0.5, 0.6) is 5.75 Å². The number of nitrogens with zero attached hydrogens (tertiary/aromatic N) is 2. The fourth-order valence-electron chi connectivity index (χ4n) is 5.13. The number of nitrogens with one attached hydrogen (secondary N) is 1. The minimum absolute atomic E-state index is 0.118. The van der Waals surface area contributed by atoms with Gasteiger partial charge in [0.05, 0.1) is 6.10 Å². The van der Waals surface area contributed by atoms with Gasteiger partial charge in [-0.05, 0) is 121 Å². The van der Waals surface area contributed by atoms with Crippen LogP contribution in [0.25, 0.3) is 0 Å². The molecule has 1 N–H and O–H groups in total. The quantitative estimate of drug-likeness (QED) is 0.465. The minimum Gasteiger partial charge on any atom is -0.491 e. The SMILES string of the molecule is CCNC(=O)N1CCCC(CCCN2CCC(Cc3cc(OC(C)C)ccc3Br)CC2)C1. The van der Waals surface area contributed by atoms with Crippen molar-refractivity contribution >= 4 is 22.0 Å². The van der Waals surface area contributed by atoms with Crippen LogP contribution in [0.15, 0.2) is 22.7 Å². The van der Waals surface area contributed by atoms with Crippen LogP contribution >= 0.6 is 15.9 Å². The summed E-state index contributed by atoms with van der Waals surface area (Å²) >= 11 is 3.73. The Bertz CT molecular complexity index is 719. The molecule has 6 heteroatoms. The van der Waals surface area contributed by atoms with E-state index in [4.69, 9.17) is 4.74 Å². The van der Waals surface area contributed by atoms with Crippen molar-refractivity contribution in [1.82, 2.24) is 15.1 Å². The molecule has 2 amide bonds. The second-order valence-corrected chi connectivity index (χ2v) is 10.7. The second kappa shape index (κ2) is 12.8. The van der Waals surface area contributed by atoms with E-state index >= 15 is 0 Å². The Balaban J connectivity index is 1.36. The number of carbonyl (C=O) groups is 1. The molecule has 2 fully saturated rings. The Morgan fingerprint density at radius 3 is 2.69 bits per heavy atom. The first-order valence-electron chi connectivity index (χ1n) is 12.6. The molecule has 0 saturated carbocycles. The predicted octanol–water partition coefficient (Wildman–Crippen LogP) is 5.71. The van der Waals surface area contributed by atoms with E-state index in [1.807, 2.05) is 11.8 Å². The average molecular weight is 509 g/mol. The Kier molecular flexibility index (Phi) is 10.2. The van der Waals surface area contributed by atoms with Crippen LogP contribution in [0.1, 0.15) is 64.9 Å². The zero-order valence-electron chi connectivity index (χ0n) is 20.2. The van der Waals surface area contributed by atoms with Gasteiger partial charge < -0.3 is 19.9 Å². The molecule has 5 nitrogen and oxygen atoms in total. The van der Waals surface area contributed by atoms with Crippen molar-refractivity contribution < 1.29 is 9.53 Å². The van der Waals surface area contributed by atoms with Crippen LogP contribution in [0.2, 0.25) is 0 Å². The summed E-state index contributed by atoms with van der Waals surface area (Å²) in [5.41, 5.74) is 1.37. The first kappa shape index (κ1) is 25.4. The van der Waals surface area contributed by atoms with Gasteiger partial charge in [0.15, 0.2) is 0 Å². The summed E-state index contributed by atoms with van der Waals surface area (Å²) in [5, 5.41) is 2.95. The molecule has 2 heterocycles. The Labute approximate surface area is 203 Å². The number of hydrogen-bond donors (Lipinski definition) is 1. The Morgan fingerprint density at radius 2 is 1.97 bits per heavy atom. The molecule has 0 aromatic heterocycles. The standard InChI is InChI=1S/C26H42BrN3O2/c1-4-28-26(31)30-14-6-8-22(19-30)7-5-13-29-15-11-21(12-16-29)17-23-18-24(32-20(2)3)9-10-25(23)27/h9-10,18,20-22H,4-8,11-17,19H2,1-3H3,(H,28,31). The van der Waals surface area contributed by atoms with E-state index in [0.717, 1.165) is 37.6 Å². The van der Waals surface area contributed by atoms with Crippen LogP contribution in [-0.2, 0) is 6.42 Å². The minimum atomic E-state index is 0.118. The first-order valence-corrected chi connectivity index (χ1v) is 13.4. The maximum Gasteiger partial charge on any atom is 0.317 e. The molecule has 2 aliphatic rings. The second-order valence-electron chi connectivity index (χ2n) is 9.84. The van der Waals surface area contributed by atoms with Gasteiger partial charge in [-0.3, -0.25) is 0 Å². The maximum absolute atomic E-state index is 12.1. The van der Waals surface area contributed by atoms with Gasteiger partial charge in [0, 0.05) is 24.1 Å². The summed E-state index contributed by atoms with van der Waals surface area (Å²) in [6.07, 6.45) is 8.79. The monoisotopic (exact) mass is 507 g/mol. The Morgan fingerprint density at radius 1 is 1.19 bits per heavy atom. The summed E-state index contributed by atoms with van der Waals surface area (Å²) in [7, 11) is 0. The number of ether oxygens (including phenoxy) is 1. The van der Waals surface area contributed by atoms with Gasteiger partial charge in [0.1, 0.15) is 5.75 Å². The molecule has 2 saturated heterocycles. The van der Waals surface area contributed by atoms with Crippen LogP contribution in [0, 0.1) is 11.8 Å². The van der Waals surface area contributed by atoms with Gasteiger partial charge in [-0.2, -0.15) is 0 Å². The van der Waals surface area contributed by atoms with Crippen molar-refractivity contribution in [3.05, 3.63) is 28.2 Å².